The third-order valence-corrected chi connectivity index (χ3v) is 10.3. The average Bonchev–Trinajstić information content (AvgIpc) is 3.53. The number of furan rings is 1. The van der Waals surface area contributed by atoms with E-state index in [0.29, 0.717) is 0 Å². The highest BCUT2D eigenvalue weighted by atomic mass is 32.2. The van der Waals surface area contributed by atoms with Gasteiger partial charge in [-0.15, -0.1) is 0 Å². The molecule has 0 bridgehead atoms. The van der Waals surface area contributed by atoms with Gasteiger partial charge in [-0.05, 0) is 81.9 Å². The molecule has 0 unspecified atom stereocenters. The minimum Gasteiger partial charge on any atom is -0.456 e. The van der Waals surface area contributed by atoms with Gasteiger partial charge < -0.3 is 8.98 Å². The molecule has 8 aromatic rings. The van der Waals surface area contributed by atoms with E-state index in [-0.39, 0.29) is 11.5 Å². The van der Waals surface area contributed by atoms with Gasteiger partial charge in [0.25, 0.3) is 0 Å². The van der Waals surface area contributed by atoms with Crippen LogP contribution in [-0.4, -0.2) is 13.0 Å². The number of fused-ring (bicyclic) bond motifs is 9. The first-order valence-corrected chi connectivity index (χ1v) is 16.2. The van der Waals surface area contributed by atoms with Crippen molar-refractivity contribution in [3.05, 3.63) is 139 Å². The number of sulfone groups is 1. The van der Waals surface area contributed by atoms with E-state index in [0.717, 1.165) is 72.0 Å². The Morgan fingerprint density at radius 3 is 1.81 bits per heavy atom. The Kier molecular flexibility index (Phi) is 5.08. The van der Waals surface area contributed by atoms with Crippen molar-refractivity contribution in [1.29, 1.82) is 0 Å². The molecule has 5 heteroatoms. The summed E-state index contributed by atoms with van der Waals surface area (Å²) in [6.45, 7) is 0. The van der Waals surface area contributed by atoms with Crippen molar-refractivity contribution in [2.45, 2.75) is 11.5 Å². The van der Waals surface area contributed by atoms with Crippen LogP contribution in [0, 0.1) is 0 Å². The van der Waals surface area contributed by atoms with Gasteiger partial charge in [-0.3, -0.25) is 0 Å². The number of rotatable bonds is 2. The van der Waals surface area contributed by atoms with Crippen molar-refractivity contribution >= 4 is 53.6 Å². The van der Waals surface area contributed by atoms with Crippen molar-refractivity contribution in [3.63, 3.8) is 0 Å². The Hall–Kier alpha value is -5.13. The molecule has 1 aliphatic rings. The molecule has 0 spiro atoms. The first kappa shape index (κ1) is 24.5. The van der Waals surface area contributed by atoms with Crippen molar-refractivity contribution in [2.24, 2.45) is 0 Å². The highest BCUT2D eigenvalue weighted by molar-refractivity contribution is 7.89. The summed E-state index contributed by atoms with van der Waals surface area (Å²) in [5, 5.41) is 4.54. The molecule has 2 aromatic heterocycles. The summed E-state index contributed by atoms with van der Waals surface area (Å²) in [6.07, 6.45) is 0. The molecule has 0 radical (unpaired) electrons. The average molecular weight is 576 g/mol. The SMILES string of the molecule is O=S1(=O)Cc2ccc(-c3ccc4oc5ccccc5c4c3)cc2-c2cc(-n3c4ccccc4c4ccccc43)ccc2C1. The molecule has 0 atom stereocenters. The van der Waals surface area contributed by atoms with Crippen LogP contribution in [0.15, 0.2) is 132 Å². The van der Waals surface area contributed by atoms with Gasteiger partial charge in [0.15, 0.2) is 9.84 Å². The van der Waals surface area contributed by atoms with Gasteiger partial charge in [-0.1, -0.05) is 78.9 Å². The Labute approximate surface area is 248 Å². The Morgan fingerprint density at radius 2 is 1.07 bits per heavy atom. The molecule has 206 valence electrons. The lowest BCUT2D eigenvalue weighted by Gasteiger charge is -2.15. The van der Waals surface area contributed by atoms with Crippen LogP contribution in [0.25, 0.3) is 71.7 Å². The van der Waals surface area contributed by atoms with E-state index in [2.05, 4.69) is 89.5 Å². The van der Waals surface area contributed by atoms with Gasteiger partial charge in [0.1, 0.15) is 11.2 Å². The molecule has 0 aliphatic carbocycles. The molecular formula is C38H25NO3S. The molecule has 4 nitrogen and oxygen atoms in total. The lowest BCUT2D eigenvalue weighted by atomic mass is 9.92. The van der Waals surface area contributed by atoms with Crippen molar-refractivity contribution in [2.75, 3.05) is 0 Å². The maximum absolute atomic E-state index is 13.2. The predicted octanol–water partition coefficient (Wildman–Crippen LogP) is 9.45. The second-order valence-electron chi connectivity index (χ2n) is 11.4. The molecule has 0 amide bonds. The molecule has 0 saturated heterocycles. The molecule has 1 aliphatic heterocycles. The largest absolute Gasteiger partial charge is 0.456 e. The van der Waals surface area contributed by atoms with Crippen LogP contribution >= 0.6 is 0 Å². The summed E-state index contributed by atoms with van der Waals surface area (Å²) in [6, 6.07) is 43.7. The van der Waals surface area contributed by atoms with Crippen LogP contribution in [0.5, 0.6) is 0 Å². The summed E-state index contributed by atoms with van der Waals surface area (Å²) in [4.78, 5) is 0. The summed E-state index contributed by atoms with van der Waals surface area (Å²) >= 11 is 0. The van der Waals surface area contributed by atoms with Gasteiger partial charge >= 0.3 is 0 Å². The topological polar surface area (TPSA) is 52.2 Å². The van der Waals surface area contributed by atoms with Gasteiger partial charge in [-0.25, -0.2) is 8.42 Å². The lowest BCUT2D eigenvalue weighted by molar-refractivity contribution is 0.595. The fraction of sp³-hybridized carbons (Fsp3) is 0.0526. The zero-order valence-corrected chi connectivity index (χ0v) is 23.9. The summed E-state index contributed by atoms with van der Waals surface area (Å²) in [7, 11) is -3.32. The number of benzene rings is 6. The van der Waals surface area contributed by atoms with Crippen LogP contribution in [-0.2, 0) is 21.3 Å². The number of aromatic nitrogens is 1. The third kappa shape index (κ3) is 3.78. The maximum atomic E-state index is 13.2. The van der Waals surface area contributed by atoms with Crippen LogP contribution in [0.2, 0.25) is 0 Å². The fourth-order valence-electron chi connectivity index (χ4n) is 6.84. The normalized spacial score (nSPS) is 14.2. The van der Waals surface area contributed by atoms with Crippen molar-refractivity contribution < 1.29 is 12.8 Å². The van der Waals surface area contributed by atoms with E-state index in [1.807, 2.05) is 42.5 Å². The van der Waals surface area contributed by atoms with E-state index < -0.39 is 9.84 Å². The second kappa shape index (κ2) is 8.93. The Morgan fingerprint density at radius 1 is 0.512 bits per heavy atom. The van der Waals surface area contributed by atoms with E-state index >= 15 is 0 Å². The third-order valence-electron chi connectivity index (χ3n) is 8.79. The summed E-state index contributed by atoms with van der Waals surface area (Å²) in [5.74, 6) is 0.0418. The summed E-state index contributed by atoms with van der Waals surface area (Å²) in [5.41, 5.74) is 10.7. The molecular weight excluding hydrogens is 550 g/mol. The molecule has 43 heavy (non-hydrogen) atoms. The second-order valence-corrected chi connectivity index (χ2v) is 13.5. The lowest BCUT2D eigenvalue weighted by Crippen LogP contribution is -2.05. The van der Waals surface area contributed by atoms with Crippen LogP contribution < -0.4 is 0 Å². The maximum Gasteiger partial charge on any atom is 0.158 e. The number of para-hydroxylation sites is 3. The monoisotopic (exact) mass is 575 g/mol. The molecule has 0 saturated carbocycles. The van der Waals surface area contributed by atoms with Gasteiger partial charge in [0.2, 0.25) is 0 Å². The molecule has 0 N–H and O–H groups in total. The molecule has 3 heterocycles. The minimum absolute atomic E-state index is 0.0206. The predicted molar refractivity (Wildman–Crippen MR) is 175 cm³/mol. The minimum atomic E-state index is -3.32. The molecule has 9 rings (SSSR count). The van der Waals surface area contributed by atoms with E-state index in [4.69, 9.17) is 4.42 Å². The quantitative estimate of drug-likeness (QED) is 0.206. The number of nitrogens with zero attached hydrogens (tertiary/aromatic N) is 1. The van der Waals surface area contributed by atoms with Gasteiger partial charge in [0.05, 0.1) is 22.5 Å². The van der Waals surface area contributed by atoms with Crippen LogP contribution in [0.4, 0.5) is 0 Å². The van der Waals surface area contributed by atoms with Crippen molar-refractivity contribution in [3.8, 4) is 27.9 Å². The van der Waals surface area contributed by atoms with E-state index in [9.17, 15) is 8.42 Å². The summed E-state index contributed by atoms with van der Waals surface area (Å²) < 4.78 is 34.8. The smallest absolute Gasteiger partial charge is 0.158 e. The van der Waals surface area contributed by atoms with Crippen LogP contribution in [0.3, 0.4) is 0 Å². The highest BCUT2D eigenvalue weighted by Crippen LogP contribution is 2.40. The first-order valence-electron chi connectivity index (χ1n) is 14.4. The highest BCUT2D eigenvalue weighted by Gasteiger charge is 2.25. The van der Waals surface area contributed by atoms with Gasteiger partial charge in [-0.2, -0.15) is 0 Å². The Balaban J connectivity index is 1.27. The Bertz CT molecular complexity index is 2480. The fourth-order valence-corrected chi connectivity index (χ4v) is 8.40. The zero-order chi connectivity index (χ0) is 28.7. The van der Waals surface area contributed by atoms with Crippen molar-refractivity contribution in [1.82, 2.24) is 4.57 Å². The van der Waals surface area contributed by atoms with E-state index in [1.54, 1.807) is 0 Å². The van der Waals surface area contributed by atoms with Crippen LogP contribution in [0.1, 0.15) is 11.1 Å². The molecule has 0 fully saturated rings. The zero-order valence-electron chi connectivity index (χ0n) is 23.1. The van der Waals surface area contributed by atoms with Gasteiger partial charge in [0, 0.05) is 27.2 Å². The molecule has 6 aromatic carbocycles. The standard InChI is InChI=1S/C38H25NO3S/c40-43(41)22-26-14-13-24(25-16-18-38-34(20-25)31-9-3-6-12-37(31)42-38)19-32(26)33-21-28(17-15-27(33)23-43)39-35-10-4-1-7-29(35)30-8-2-5-11-36(30)39/h1-21H,22-23H2. The first-order chi connectivity index (χ1) is 21.0. The van der Waals surface area contributed by atoms with E-state index in [1.165, 1.54) is 10.8 Å². The number of hydrogen-bond donors (Lipinski definition) is 0. The number of hydrogen-bond acceptors (Lipinski definition) is 3.